The molecule has 0 unspecified atom stereocenters. The lowest BCUT2D eigenvalue weighted by Crippen LogP contribution is -2.44. The average Bonchev–Trinajstić information content (AvgIpc) is 2.68. The van der Waals surface area contributed by atoms with Crippen LogP contribution in [0.5, 0.6) is 5.75 Å². The topological polar surface area (TPSA) is 88.3 Å². The molecule has 1 aromatic carbocycles. The first kappa shape index (κ1) is 19.2. The maximum atomic E-state index is 6.02. The van der Waals surface area contributed by atoms with Gasteiger partial charge in [0, 0.05) is 36.6 Å². The number of hydrogen-bond acceptors (Lipinski definition) is 7. The van der Waals surface area contributed by atoms with Crippen molar-refractivity contribution in [2.24, 2.45) is 0 Å². The zero-order valence-corrected chi connectivity index (χ0v) is 16.5. The highest BCUT2D eigenvalue weighted by Gasteiger charge is 2.20. The number of nitrogens with one attached hydrogen (secondary N) is 2. The highest BCUT2D eigenvalue weighted by molar-refractivity contribution is 5.65. The molecule has 4 N–H and O–H groups in total. The van der Waals surface area contributed by atoms with E-state index in [1.54, 1.807) is 7.11 Å². The fourth-order valence-corrected chi connectivity index (χ4v) is 3.45. The summed E-state index contributed by atoms with van der Waals surface area (Å²) in [4.78, 5) is 11.8. The summed E-state index contributed by atoms with van der Waals surface area (Å²) >= 11 is 0. The summed E-state index contributed by atoms with van der Waals surface area (Å²) < 4.78 is 5.22. The number of ether oxygens (including phenoxy) is 1. The lowest BCUT2D eigenvalue weighted by atomic mass is 10.1. The molecule has 2 heterocycles. The molecule has 146 valence electrons. The number of likely N-dealkylation sites (N-methyl/N-ethyl adjacent to an activating group) is 1. The van der Waals surface area contributed by atoms with E-state index in [1.165, 1.54) is 6.42 Å². The van der Waals surface area contributed by atoms with E-state index in [9.17, 15) is 0 Å². The highest BCUT2D eigenvalue weighted by Crippen LogP contribution is 2.27. The second-order valence-electron chi connectivity index (χ2n) is 6.95. The van der Waals surface area contributed by atoms with Gasteiger partial charge >= 0.3 is 0 Å². The van der Waals surface area contributed by atoms with Gasteiger partial charge in [0.2, 0.25) is 5.95 Å². The second kappa shape index (κ2) is 8.90. The maximum Gasteiger partial charge on any atom is 0.229 e. The predicted octanol–water partition coefficient (Wildman–Crippen LogP) is 2.95. The molecular weight excluding hydrogens is 340 g/mol. The van der Waals surface area contributed by atoms with Gasteiger partial charge in [-0.1, -0.05) is 13.3 Å². The Labute approximate surface area is 161 Å². The van der Waals surface area contributed by atoms with Gasteiger partial charge in [-0.2, -0.15) is 4.98 Å². The molecule has 7 nitrogen and oxygen atoms in total. The van der Waals surface area contributed by atoms with Crippen LogP contribution in [-0.4, -0.2) is 43.3 Å². The van der Waals surface area contributed by atoms with Gasteiger partial charge in [-0.25, -0.2) is 4.98 Å². The van der Waals surface area contributed by atoms with Crippen molar-refractivity contribution in [3.8, 4) is 5.75 Å². The van der Waals surface area contributed by atoms with E-state index < -0.39 is 0 Å². The second-order valence-corrected chi connectivity index (χ2v) is 6.95. The first-order valence-corrected chi connectivity index (χ1v) is 9.63. The van der Waals surface area contributed by atoms with Crippen LogP contribution in [0.4, 0.5) is 23.1 Å². The number of nitrogen functional groups attached to an aromatic ring is 1. The molecule has 0 radical (unpaired) electrons. The Hall–Kier alpha value is -2.54. The molecule has 3 rings (SSSR count). The van der Waals surface area contributed by atoms with Crippen molar-refractivity contribution in [1.29, 1.82) is 0 Å². The van der Waals surface area contributed by atoms with E-state index in [0.29, 0.717) is 23.4 Å². The summed E-state index contributed by atoms with van der Waals surface area (Å²) in [6.45, 7) is 4.15. The first-order chi connectivity index (χ1) is 13.1. The van der Waals surface area contributed by atoms with Gasteiger partial charge < -0.3 is 26.0 Å². The molecule has 1 fully saturated rings. The summed E-state index contributed by atoms with van der Waals surface area (Å²) in [5.74, 6) is 2.25. The summed E-state index contributed by atoms with van der Waals surface area (Å²) in [7, 11) is 3.64. The lowest BCUT2D eigenvalue weighted by molar-refractivity contribution is 0.417. The quantitative estimate of drug-likeness (QED) is 0.646. The molecule has 0 amide bonds. The Kier molecular flexibility index (Phi) is 6.34. The molecule has 7 heteroatoms. The fraction of sp³-hybridized carbons (Fsp3) is 0.500. The number of rotatable bonds is 7. The monoisotopic (exact) mass is 370 g/mol. The van der Waals surface area contributed by atoms with E-state index >= 15 is 0 Å². The number of hydrogen-bond donors (Lipinski definition) is 3. The zero-order chi connectivity index (χ0) is 19.2. The van der Waals surface area contributed by atoms with Crippen molar-refractivity contribution in [2.45, 2.75) is 38.6 Å². The Morgan fingerprint density at radius 1 is 1.30 bits per heavy atom. The van der Waals surface area contributed by atoms with Crippen molar-refractivity contribution in [3.63, 3.8) is 0 Å². The molecule has 1 atom stereocenters. The molecule has 27 heavy (non-hydrogen) atoms. The molecule has 1 aliphatic rings. The van der Waals surface area contributed by atoms with Crippen molar-refractivity contribution in [1.82, 2.24) is 15.3 Å². The highest BCUT2D eigenvalue weighted by atomic mass is 16.5. The maximum absolute atomic E-state index is 6.02. The van der Waals surface area contributed by atoms with Crippen molar-refractivity contribution >= 4 is 23.1 Å². The fourth-order valence-electron chi connectivity index (χ4n) is 3.45. The molecule has 1 aliphatic heterocycles. The van der Waals surface area contributed by atoms with E-state index in [1.807, 2.05) is 25.2 Å². The zero-order valence-electron chi connectivity index (χ0n) is 16.5. The Bertz CT molecular complexity index is 766. The molecule has 0 bridgehead atoms. The van der Waals surface area contributed by atoms with Crippen molar-refractivity contribution in [2.75, 3.05) is 43.2 Å². The summed E-state index contributed by atoms with van der Waals surface area (Å²) in [6, 6.07) is 8.22. The largest absolute Gasteiger partial charge is 0.495 e. The van der Waals surface area contributed by atoms with E-state index in [4.69, 9.17) is 15.5 Å². The molecule has 0 spiro atoms. The Balaban J connectivity index is 1.86. The number of aromatic nitrogens is 2. The SMILES string of the molecule is CCCc1cc(N2CCC[C@@H](NC)C2)nc(Nc2ccc(OC)c(N)c2)n1. The number of methoxy groups -OCH3 is 1. The normalized spacial score (nSPS) is 17.0. The van der Waals surface area contributed by atoms with Gasteiger partial charge in [-0.05, 0) is 44.5 Å². The van der Waals surface area contributed by atoms with Crippen LogP contribution in [0.15, 0.2) is 24.3 Å². The summed E-state index contributed by atoms with van der Waals surface area (Å²) in [6.07, 6.45) is 4.34. The third kappa shape index (κ3) is 4.80. The summed E-state index contributed by atoms with van der Waals surface area (Å²) in [5.41, 5.74) is 8.50. The molecule has 0 saturated carbocycles. The van der Waals surface area contributed by atoms with Crippen LogP contribution in [0.1, 0.15) is 31.9 Å². The number of nitrogens with two attached hydrogens (primary N) is 1. The third-order valence-electron chi connectivity index (χ3n) is 4.91. The van der Waals surface area contributed by atoms with Gasteiger partial charge in [0.25, 0.3) is 0 Å². The van der Waals surface area contributed by atoms with E-state index in [0.717, 1.165) is 49.6 Å². The third-order valence-corrected chi connectivity index (χ3v) is 4.91. The molecule has 1 aromatic heterocycles. The van der Waals surface area contributed by atoms with Gasteiger partial charge in [-0.3, -0.25) is 0 Å². The van der Waals surface area contributed by atoms with Crippen LogP contribution in [0.3, 0.4) is 0 Å². The van der Waals surface area contributed by atoms with Crippen molar-refractivity contribution < 1.29 is 4.74 Å². The van der Waals surface area contributed by atoms with Gasteiger partial charge in [0.1, 0.15) is 11.6 Å². The van der Waals surface area contributed by atoms with Crippen LogP contribution in [-0.2, 0) is 6.42 Å². The number of aryl methyl sites for hydroxylation is 1. The molecular formula is C20H30N6O. The predicted molar refractivity (Wildman–Crippen MR) is 111 cm³/mol. The number of piperidine rings is 1. The van der Waals surface area contributed by atoms with Crippen LogP contribution < -0.4 is 26.0 Å². The molecule has 1 saturated heterocycles. The van der Waals surface area contributed by atoms with Crippen LogP contribution in [0.2, 0.25) is 0 Å². The minimum atomic E-state index is 0.501. The number of nitrogens with zero attached hydrogens (tertiary/aromatic N) is 3. The van der Waals surface area contributed by atoms with Gasteiger partial charge in [0.05, 0.1) is 12.8 Å². The minimum absolute atomic E-state index is 0.501. The molecule has 2 aromatic rings. The van der Waals surface area contributed by atoms with E-state index in [-0.39, 0.29) is 0 Å². The van der Waals surface area contributed by atoms with Gasteiger partial charge in [0.15, 0.2) is 0 Å². The number of anilines is 4. The van der Waals surface area contributed by atoms with Crippen LogP contribution in [0, 0.1) is 0 Å². The van der Waals surface area contributed by atoms with Crippen molar-refractivity contribution in [3.05, 3.63) is 30.0 Å². The number of benzene rings is 1. The van der Waals surface area contributed by atoms with Crippen LogP contribution >= 0.6 is 0 Å². The average molecular weight is 371 g/mol. The summed E-state index contributed by atoms with van der Waals surface area (Å²) in [5, 5.41) is 6.69. The first-order valence-electron chi connectivity index (χ1n) is 9.63. The standard InChI is InChI=1S/C20H30N6O/c1-4-6-14-12-19(26-10-5-7-16(13-26)22-2)25-20(23-14)24-15-8-9-18(27-3)17(21)11-15/h8-9,11-12,16,22H,4-7,10,13,21H2,1-3H3,(H,23,24,25)/t16-/m1/s1. The van der Waals surface area contributed by atoms with Gasteiger partial charge in [-0.15, -0.1) is 0 Å². The minimum Gasteiger partial charge on any atom is -0.495 e. The smallest absolute Gasteiger partial charge is 0.229 e. The van der Waals surface area contributed by atoms with Crippen LogP contribution in [0.25, 0.3) is 0 Å². The lowest BCUT2D eigenvalue weighted by Gasteiger charge is -2.33. The van der Waals surface area contributed by atoms with E-state index in [2.05, 4.69) is 33.5 Å². The molecule has 0 aliphatic carbocycles. The Morgan fingerprint density at radius 3 is 2.85 bits per heavy atom. The Morgan fingerprint density at radius 2 is 2.15 bits per heavy atom.